The summed E-state index contributed by atoms with van der Waals surface area (Å²) in [5.74, 6) is 0. The minimum Gasteiger partial charge on any atom is -0.398 e. The standard InChI is InChI=1S/C14H19ClN2O3S/c15-10-5-6-14(11(16)9-10)21(18,19)17-7-8-20-13-4-2-1-3-12(13)17/h5-6,9,12-13H,1-4,7-8,16H2. The van der Waals surface area contributed by atoms with Crippen molar-refractivity contribution in [3.05, 3.63) is 23.2 Å². The molecule has 2 aliphatic rings. The first kappa shape index (κ1) is 15.1. The van der Waals surface area contributed by atoms with Crippen molar-refractivity contribution in [1.82, 2.24) is 4.31 Å². The fourth-order valence-electron chi connectivity index (χ4n) is 3.24. The predicted octanol–water partition coefficient (Wildman–Crippen LogP) is 2.25. The minimum atomic E-state index is -3.61. The number of anilines is 1. The van der Waals surface area contributed by atoms with Crippen LogP contribution in [0.2, 0.25) is 5.02 Å². The molecule has 0 amide bonds. The molecule has 2 unspecified atom stereocenters. The lowest BCUT2D eigenvalue weighted by Crippen LogP contribution is -2.54. The lowest BCUT2D eigenvalue weighted by Gasteiger charge is -2.42. The highest BCUT2D eigenvalue weighted by atomic mass is 35.5. The van der Waals surface area contributed by atoms with Gasteiger partial charge in [-0.15, -0.1) is 0 Å². The summed E-state index contributed by atoms with van der Waals surface area (Å²) in [5.41, 5.74) is 6.06. The van der Waals surface area contributed by atoms with E-state index < -0.39 is 10.0 Å². The SMILES string of the molecule is Nc1cc(Cl)ccc1S(=O)(=O)N1CCOC2CCCCC21. The number of ether oxygens (including phenoxy) is 1. The van der Waals surface area contributed by atoms with Gasteiger partial charge in [-0.1, -0.05) is 24.4 Å². The molecule has 5 nitrogen and oxygen atoms in total. The first-order valence-corrected chi connectivity index (χ1v) is 9.00. The highest BCUT2D eigenvalue weighted by Crippen LogP contribution is 2.34. The summed E-state index contributed by atoms with van der Waals surface area (Å²) >= 11 is 5.86. The second-order valence-corrected chi connectivity index (χ2v) is 7.85. The Labute approximate surface area is 130 Å². The van der Waals surface area contributed by atoms with Crippen molar-refractivity contribution < 1.29 is 13.2 Å². The van der Waals surface area contributed by atoms with Gasteiger partial charge in [-0.3, -0.25) is 0 Å². The van der Waals surface area contributed by atoms with E-state index in [1.807, 2.05) is 0 Å². The van der Waals surface area contributed by atoms with Crippen LogP contribution >= 0.6 is 11.6 Å². The molecule has 1 heterocycles. The Bertz CT molecular complexity index is 633. The molecule has 116 valence electrons. The molecule has 0 bridgehead atoms. The van der Waals surface area contributed by atoms with Gasteiger partial charge >= 0.3 is 0 Å². The second kappa shape index (κ2) is 5.76. The number of hydrogen-bond donors (Lipinski definition) is 1. The smallest absolute Gasteiger partial charge is 0.245 e. The van der Waals surface area contributed by atoms with E-state index in [0.29, 0.717) is 18.2 Å². The van der Waals surface area contributed by atoms with E-state index >= 15 is 0 Å². The topological polar surface area (TPSA) is 72.6 Å². The van der Waals surface area contributed by atoms with Gasteiger partial charge in [0.1, 0.15) is 4.90 Å². The molecular formula is C14H19ClN2O3S. The van der Waals surface area contributed by atoms with Crippen LogP contribution in [-0.4, -0.2) is 38.0 Å². The largest absolute Gasteiger partial charge is 0.398 e. The third-order valence-electron chi connectivity index (χ3n) is 4.24. The van der Waals surface area contributed by atoms with Crippen LogP contribution in [0.15, 0.2) is 23.1 Å². The molecular weight excluding hydrogens is 312 g/mol. The van der Waals surface area contributed by atoms with Crippen molar-refractivity contribution in [1.29, 1.82) is 0 Å². The molecule has 3 rings (SSSR count). The molecule has 0 spiro atoms. The van der Waals surface area contributed by atoms with E-state index in [-0.39, 0.29) is 22.7 Å². The Morgan fingerprint density at radius 1 is 1.29 bits per heavy atom. The number of nitrogen functional groups attached to an aromatic ring is 1. The molecule has 0 aromatic heterocycles. The zero-order valence-corrected chi connectivity index (χ0v) is 13.2. The van der Waals surface area contributed by atoms with Crippen LogP contribution in [0.3, 0.4) is 0 Å². The fourth-order valence-corrected chi connectivity index (χ4v) is 5.18. The summed E-state index contributed by atoms with van der Waals surface area (Å²) in [7, 11) is -3.61. The molecule has 7 heteroatoms. The predicted molar refractivity (Wildman–Crippen MR) is 81.8 cm³/mol. The molecule has 2 N–H and O–H groups in total. The van der Waals surface area contributed by atoms with E-state index in [0.717, 1.165) is 25.7 Å². The molecule has 2 fully saturated rings. The molecule has 1 aliphatic heterocycles. The van der Waals surface area contributed by atoms with Crippen LogP contribution in [0.1, 0.15) is 25.7 Å². The molecule has 1 saturated carbocycles. The molecule has 1 aromatic rings. The number of hydrogen-bond acceptors (Lipinski definition) is 4. The average molecular weight is 331 g/mol. The van der Waals surface area contributed by atoms with Crippen molar-refractivity contribution in [3.63, 3.8) is 0 Å². The number of sulfonamides is 1. The van der Waals surface area contributed by atoms with Crippen LogP contribution in [0.4, 0.5) is 5.69 Å². The summed E-state index contributed by atoms with van der Waals surface area (Å²) in [4.78, 5) is 0.137. The summed E-state index contributed by atoms with van der Waals surface area (Å²) in [6.07, 6.45) is 3.91. The van der Waals surface area contributed by atoms with Crippen LogP contribution in [0, 0.1) is 0 Å². The number of fused-ring (bicyclic) bond motifs is 1. The van der Waals surface area contributed by atoms with Crippen LogP contribution < -0.4 is 5.73 Å². The van der Waals surface area contributed by atoms with Gasteiger partial charge in [0.05, 0.1) is 24.4 Å². The Morgan fingerprint density at radius 2 is 2.05 bits per heavy atom. The maximum absolute atomic E-state index is 12.9. The van der Waals surface area contributed by atoms with Gasteiger partial charge in [-0.25, -0.2) is 8.42 Å². The number of morpholine rings is 1. The third-order valence-corrected chi connectivity index (χ3v) is 6.47. The number of rotatable bonds is 2. The van der Waals surface area contributed by atoms with Crippen LogP contribution in [0.25, 0.3) is 0 Å². The van der Waals surface area contributed by atoms with Gasteiger partial charge in [0, 0.05) is 11.6 Å². The summed E-state index contributed by atoms with van der Waals surface area (Å²) < 4.78 is 33.1. The maximum atomic E-state index is 12.9. The number of nitrogens with zero attached hydrogens (tertiary/aromatic N) is 1. The van der Waals surface area contributed by atoms with Gasteiger partial charge in [-0.05, 0) is 31.0 Å². The van der Waals surface area contributed by atoms with Crippen LogP contribution in [0.5, 0.6) is 0 Å². The Balaban J connectivity index is 1.96. The quantitative estimate of drug-likeness (QED) is 0.844. The molecule has 2 atom stereocenters. The van der Waals surface area contributed by atoms with Crippen molar-refractivity contribution in [2.45, 2.75) is 42.7 Å². The van der Waals surface area contributed by atoms with E-state index in [1.165, 1.54) is 12.1 Å². The highest BCUT2D eigenvalue weighted by Gasteiger charge is 2.41. The van der Waals surface area contributed by atoms with Crippen molar-refractivity contribution >= 4 is 27.3 Å². The fraction of sp³-hybridized carbons (Fsp3) is 0.571. The number of halogens is 1. The van der Waals surface area contributed by atoms with Crippen molar-refractivity contribution in [2.75, 3.05) is 18.9 Å². The van der Waals surface area contributed by atoms with Crippen LogP contribution in [-0.2, 0) is 14.8 Å². The maximum Gasteiger partial charge on any atom is 0.245 e. The molecule has 0 radical (unpaired) electrons. The van der Waals surface area contributed by atoms with E-state index in [2.05, 4.69) is 0 Å². The summed E-state index contributed by atoms with van der Waals surface area (Å²) in [5, 5.41) is 0.434. The lowest BCUT2D eigenvalue weighted by molar-refractivity contribution is -0.0586. The lowest BCUT2D eigenvalue weighted by atomic mass is 9.91. The normalized spacial score (nSPS) is 27.3. The highest BCUT2D eigenvalue weighted by molar-refractivity contribution is 7.89. The van der Waals surface area contributed by atoms with Gasteiger partial charge in [-0.2, -0.15) is 4.31 Å². The second-order valence-electron chi connectivity index (χ2n) is 5.56. The van der Waals surface area contributed by atoms with Gasteiger partial charge < -0.3 is 10.5 Å². The zero-order valence-electron chi connectivity index (χ0n) is 11.7. The molecule has 1 aromatic carbocycles. The zero-order chi connectivity index (χ0) is 15.0. The first-order valence-electron chi connectivity index (χ1n) is 7.18. The van der Waals surface area contributed by atoms with Crippen molar-refractivity contribution in [3.8, 4) is 0 Å². The number of nitrogens with two attached hydrogens (primary N) is 1. The summed E-state index contributed by atoms with van der Waals surface area (Å²) in [6, 6.07) is 4.45. The van der Waals surface area contributed by atoms with Gasteiger partial charge in [0.15, 0.2) is 0 Å². The molecule has 21 heavy (non-hydrogen) atoms. The Morgan fingerprint density at radius 3 is 2.81 bits per heavy atom. The summed E-state index contributed by atoms with van der Waals surface area (Å²) in [6.45, 7) is 0.819. The minimum absolute atomic E-state index is 0.01000. The van der Waals surface area contributed by atoms with Gasteiger partial charge in [0.25, 0.3) is 0 Å². The third kappa shape index (κ3) is 2.77. The monoisotopic (exact) mass is 330 g/mol. The number of benzene rings is 1. The average Bonchev–Trinajstić information content (AvgIpc) is 2.46. The first-order chi connectivity index (χ1) is 10.00. The van der Waals surface area contributed by atoms with Crippen molar-refractivity contribution in [2.24, 2.45) is 0 Å². The van der Waals surface area contributed by atoms with E-state index in [9.17, 15) is 8.42 Å². The molecule has 1 aliphatic carbocycles. The van der Waals surface area contributed by atoms with E-state index in [4.69, 9.17) is 22.1 Å². The Hall–Kier alpha value is -0.820. The van der Waals surface area contributed by atoms with Gasteiger partial charge in [0.2, 0.25) is 10.0 Å². The Kier molecular flexibility index (Phi) is 4.14. The molecule has 1 saturated heterocycles. The van der Waals surface area contributed by atoms with E-state index in [1.54, 1.807) is 10.4 Å².